The van der Waals surface area contributed by atoms with Gasteiger partial charge in [-0.05, 0) is 36.6 Å². The third-order valence-corrected chi connectivity index (χ3v) is 4.30. The van der Waals surface area contributed by atoms with Gasteiger partial charge in [0.1, 0.15) is 10.8 Å². The Balaban J connectivity index is 2.05. The summed E-state index contributed by atoms with van der Waals surface area (Å²) in [6, 6.07) is 6.21. The minimum atomic E-state index is 0.628. The van der Waals surface area contributed by atoms with Gasteiger partial charge in [-0.2, -0.15) is 0 Å². The summed E-state index contributed by atoms with van der Waals surface area (Å²) in [4.78, 5) is 6.03. The molecule has 1 aliphatic carbocycles. The molecule has 0 atom stereocenters. The number of benzene rings is 1. The van der Waals surface area contributed by atoms with E-state index >= 15 is 0 Å². The maximum Gasteiger partial charge on any atom is 0.119 e. The molecule has 3 rings (SSSR count). The quantitative estimate of drug-likeness (QED) is 0.654. The summed E-state index contributed by atoms with van der Waals surface area (Å²) in [5, 5.41) is 1.05. The average molecular weight is 261 g/mol. The minimum Gasteiger partial charge on any atom is -0.497 e. The number of aromatic nitrogens is 1. The summed E-state index contributed by atoms with van der Waals surface area (Å²) in [6.45, 7) is 0.628. The lowest BCUT2D eigenvalue weighted by atomic mass is 9.93. The van der Waals surface area contributed by atoms with E-state index in [0.29, 0.717) is 6.54 Å². The first kappa shape index (κ1) is 11.6. The second-order valence-corrected chi connectivity index (χ2v) is 5.45. The fourth-order valence-electron chi connectivity index (χ4n) is 2.33. The first-order valence-corrected chi connectivity index (χ1v) is 6.73. The molecule has 0 spiro atoms. The lowest BCUT2D eigenvalue weighted by Gasteiger charge is -2.15. The summed E-state index contributed by atoms with van der Waals surface area (Å²) in [7, 11) is 1.70. The molecule has 0 aliphatic heterocycles. The fraction of sp³-hybridized carbons (Fsp3) is 0.308. The van der Waals surface area contributed by atoms with Gasteiger partial charge < -0.3 is 4.74 Å². The number of hydrogen-bond acceptors (Lipinski definition) is 5. The molecule has 2 aromatic rings. The van der Waals surface area contributed by atoms with E-state index < -0.39 is 0 Å². The normalized spacial score (nSPS) is 13.0. The molecule has 0 bridgehead atoms. The number of nitrogens with zero attached hydrogens (tertiary/aromatic N) is 1. The van der Waals surface area contributed by atoms with Crippen LogP contribution >= 0.6 is 11.3 Å². The van der Waals surface area contributed by atoms with E-state index in [2.05, 4.69) is 22.5 Å². The number of hydrazine groups is 1. The number of nitrogens with two attached hydrogens (primary N) is 1. The van der Waals surface area contributed by atoms with E-state index in [0.717, 1.165) is 29.3 Å². The van der Waals surface area contributed by atoms with Crippen LogP contribution in [0, 0.1) is 0 Å². The van der Waals surface area contributed by atoms with Crippen LogP contribution in [0.4, 0.5) is 0 Å². The molecule has 0 saturated heterocycles. The smallest absolute Gasteiger partial charge is 0.119 e. The monoisotopic (exact) mass is 261 g/mol. The van der Waals surface area contributed by atoms with Crippen LogP contribution in [-0.2, 0) is 19.4 Å². The highest BCUT2D eigenvalue weighted by molar-refractivity contribution is 7.12. The molecule has 0 radical (unpaired) electrons. The highest BCUT2D eigenvalue weighted by Crippen LogP contribution is 2.37. The lowest BCUT2D eigenvalue weighted by molar-refractivity contribution is 0.414. The maximum absolute atomic E-state index is 5.35. The molecule has 1 aromatic carbocycles. The van der Waals surface area contributed by atoms with E-state index in [1.807, 2.05) is 6.07 Å². The molecule has 0 saturated carbocycles. The Hall–Kier alpha value is -1.43. The summed E-state index contributed by atoms with van der Waals surface area (Å²) in [5.74, 6) is 6.26. The van der Waals surface area contributed by atoms with Gasteiger partial charge in [0.2, 0.25) is 0 Å². The molecular formula is C13H15N3OS. The number of nitrogens with one attached hydrogen (secondary N) is 1. The van der Waals surface area contributed by atoms with Crippen molar-refractivity contribution in [3.05, 3.63) is 33.6 Å². The van der Waals surface area contributed by atoms with Crippen molar-refractivity contribution in [1.29, 1.82) is 0 Å². The van der Waals surface area contributed by atoms with Crippen LogP contribution in [0.3, 0.4) is 0 Å². The molecule has 5 heteroatoms. The molecule has 1 aliphatic rings. The van der Waals surface area contributed by atoms with Gasteiger partial charge >= 0.3 is 0 Å². The highest BCUT2D eigenvalue weighted by atomic mass is 32.1. The first-order chi connectivity index (χ1) is 8.81. The molecule has 0 amide bonds. The van der Waals surface area contributed by atoms with Crippen molar-refractivity contribution < 1.29 is 4.74 Å². The predicted octanol–water partition coefficient (Wildman–Crippen LogP) is 1.88. The topological polar surface area (TPSA) is 60.2 Å². The maximum atomic E-state index is 5.35. The Bertz CT molecular complexity index is 580. The van der Waals surface area contributed by atoms with E-state index in [9.17, 15) is 0 Å². The third-order valence-electron chi connectivity index (χ3n) is 3.18. The predicted molar refractivity (Wildman–Crippen MR) is 72.5 cm³/mol. The number of ether oxygens (including phenoxy) is 1. The van der Waals surface area contributed by atoms with E-state index in [-0.39, 0.29) is 0 Å². The van der Waals surface area contributed by atoms with Crippen molar-refractivity contribution in [3.63, 3.8) is 0 Å². The number of methoxy groups -OCH3 is 1. The van der Waals surface area contributed by atoms with Crippen LogP contribution in [0.15, 0.2) is 18.2 Å². The Morgan fingerprint density at radius 3 is 3.11 bits per heavy atom. The van der Waals surface area contributed by atoms with Gasteiger partial charge in [0, 0.05) is 10.4 Å². The van der Waals surface area contributed by atoms with Crippen LogP contribution < -0.4 is 16.0 Å². The Morgan fingerprint density at radius 1 is 1.44 bits per heavy atom. The van der Waals surface area contributed by atoms with E-state index in [1.165, 1.54) is 16.0 Å². The SMILES string of the molecule is COc1ccc2c(c1)CCc1sc(CNN)nc1-2. The molecule has 18 heavy (non-hydrogen) atoms. The second-order valence-electron chi connectivity index (χ2n) is 4.28. The molecule has 4 nitrogen and oxygen atoms in total. The van der Waals surface area contributed by atoms with Gasteiger partial charge in [-0.15, -0.1) is 11.3 Å². The second kappa shape index (κ2) is 4.68. The Labute approximate surface area is 110 Å². The fourth-order valence-corrected chi connectivity index (χ4v) is 3.36. The Kier molecular flexibility index (Phi) is 3.03. The van der Waals surface area contributed by atoms with Crippen molar-refractivity contribution in [2.24, 2.45) is 5.84 Å². The summed E-state index contributed by atoms with van der Waals surface area (Å²) < 4.78 is 5.27. The largest absolute Gasteiger partial charge is 0.497 e. The van der Waals surface area contributed by atoms with Crippen molar-refractivity contribution >= 4 is 11.3 Å². The van der Waals surface area contributed by atoms with Gasteiger partial charge in [-0.3, -0.25) is 11.3 Å². The van der Waals surface area contributed by atoms with Crippen molar-refractivity contribution in [1.82, 2.24) is 10.4 Å². The van der Waals surface area contributed by atoms with Crippen LogP contribution in [0.1, 0.15) is 15.4 Å². The van der Waals surface area contributed by atoms with Crippen molar-refractivity contribution in [2.45, 2.75) is 19.4 Å². The van der Waals surface area contributed by atoms with Gasteiger partial charge in [0.25, 0.3) is 0 Å². The Morgan fingerprint density at radius 2 is 2.33 bits per heavy atom. The number of aryl methyl sites for hydroxylation is 2. The van der Waals surface area contributed by atoms with Gasteiger partial charge in [-0.25, -0.2) is 4.98 Å². The summed E-state index contributed by atoms with van der Waals surface area (Å²) in [5.41, 5.74) is 6.33. The van der Waals surface area contributed by atoms with E-state index in [1.54, 1.807) is 18.4 Å². The number of rotatable bonds is 3. The zero-order valence-corrected chi connectivity index (χ0v) is 11.0. The molecule has 0 fully saturated rings. The third kappa shape index (κ3) is 1.90. The van der Waals surface area contributed by atoms with Crippen LogP contribution in [-0.4, -0.2) is 12.1 Å². The standard InChI is InChI=1S/C13H15N3OS/c1-17-9-3-4-10-8(6-9)2-5-11-13(10)16-12(18-11)7-15-14/h3-4,6,15H,2,5,7,14H2,1H3. The van der Waals surface area contributed by atoms with Crippen molar-refractivity contribution in [2.75, 3.05) is 7.11 Å². The van der Waals surface area contributed by atoms with Crippen LogP contribution in [0.25, 0.3) is 11.3 Å². The lowest BCUT2D eigenvalue weighted by Crippen LogP contribution is -2.20. The summed E-state index contributed by atoms with van der Waals surface area (Å²) >= 11 is 1.75. The number of thiazole rings is 1. The zero-order valence-electron chi connectivity index (χ0n) is 10.2. The molecule has 1 heterocycles. The zero-order chi connectivity index (χ0) is 12.5. The molecule has 3 N–H and O–H groups in total. The van der Waals surface area contributed by atoms with Gasteiger partial charge in [0.05, 0.1) is 19.3 Å². The molecule has 1 aromatic heterocycles. The molecular weight excluding hydrogens is 246 g/mol. The van der Waals surface area contributed by atoms with Crippen LogP contribution in [0.5, 0.6) is 5.75 Å². The summed E-state index contributed by atoms with van der Waals surface area (Å²) in [6.07, 6.45) is 2.11. The van der Waals surface area contributed by atoms with Gasteiger partial charge in [0.15, 0.2) is 0 Å². The van der Waals surface area contributed by atoms with E-state index in [4.69, 9.17) is 10.6 Å². The van der Waals surface area contributed by atoms with Crippen LogP contribution in [0.2, 0.25) is 0 Å². The number of fused-ring (bicyclic) bond motifs is 3. The molecule has 0 unspecified atom stereocenters. The molecule has 94 valence electrons. The minimum absolute atomic E-state index is 0.628. The first-order valence-electron chi connectivity index (χ1n) is 5.91. The number of hydrogen-bond donors (Lipinski definition) is 2. The highest BCUT2D eigenvalue weighted by Gasteiger charge is 2.20. The van der Waals surface area contributed by atoms with Gasteiger partial charge in [-0.1, -0.05) is 0 Å². The average Bonchev–Trinajstić information content (AvgIpc) is 2.81. The van der Waals surface area contributed by atoms with Crippen molar-refractivity contribution in [3.8, 4) is 17.0 Å².